The zero-order valence-electron chi connectivity index (χ0n) is 19.7. The van der Waals surface area contributed by atoms with E-state index in [1.807, 2.05) is 6.92 Å². The predicted molar refractivity (Wildman–Crippen MR) is 144 cm³/mol. The molecule has 35 heavy (non-hydrogen) atoms. The first kappa shape index (κ1) is 26.9. The van der Waals surface area contributed by atoms with Gasteiger partial charge in [0.25, 0.3) is 10.0 Å². The van der Waals surface area contributed by atoms with Crippen LogP contribution in [0.3, 0.4) is 0 Å². The molecular weight excluding hydrogens is 504 g/mol. The van der Waals surface area contributed by atoms with E-state index in [1.165, 1.54) is 35.4 Å². The molecule has 6 nitrogen and oxygen atoms in total. The van der Waals surface area contributed by atoms with Gasteiger partial charge in [-0.15, -0.1) is 0 Å². The fraction of sp³-hybridized carbons (Fsp3) is 0.269. The van der Waals surface area contributed by atoms with Crippen molar-refractivity contribution in [3.05, 3.63) is 88.9 Å². The molecule has 3 aromatic carbocycles. The van der Waals surface area contributed by atoms with Crippen LogP contribution in [0.1, 0.15) is 18.1 Å². The van der Waals surface area contributed by atoms with E-state index >= 15 is 0 Å². The average molecular weight is 533 g/mol. The van der Waals surface area contributed by atoms with Crippen LogP contribution in [0.15, 0.2) is 77.7 Å². The van der Waals surface area contributed by atoms with Gasteiger partial charge in [0.05, 0.1) is 17.2 Å². The minimum Gasteiger partial charge on any atom is -0.494 e. The van der Waals surface area contributed by atoms with E-state index in [0.29, 0.717) is 35.4 Å². The molecule has 0 spiro atoms. The van der Waals surface area contributed by atoms with Crippen LogP contribution >= 0.6 is 23.4 Å². The Morgan fingerprint density at radius 3 is 2.29 bits per heavy atom. The van der Waals surface area contributed by atoms with Gasteiger partial charge in [0.2, 0.25) is 5.91 Å². The van der Waals surface area contributed by atoms with Crippen LogP contribution in [-0.4, -0.2) is 39.8 Å². The van der Waals surface area contributed by atoms with Crippen LogP contribution in [0.5, 0.6) is 5.75 Å². The molecule has 0 saturated carbocycles. The number of sulfonamides is 1. The van der Waals surface area contributed by atoms with Crippen molar-refractivity contribution in [3.63, 3.8) is 0 Å². The largest absolute Gasteiger partial charge is 0.494 e. The summed E-state index contributed by atoms with van der Waals surface area (Å²) in [6.07, 6.45) is 0. The molecule has 0 aliphatic carbocycles. The first-order chi connectivity index (χ1) is 16.8. The van der Waals surface area contributed by atoms with Crippen LogP contribution < -0.4 is 14.4 Å². The lowest BCUT2D eigenvalue weighted by atomic mass is 10.2. The summed E-state index contributed by atoms with van der Waals surface area (Å²) in [6.45, 7) is 4.51. The quantitative estimate of drug-likeness (QED) is 0.321. The van der Waals surface area contributed by atoms with E-state index < -0.39 is 10.0 Å². The van der Waals surface area contributed by atoms with Gasteiger partial charge in [-0.2, -0.15) is 11.8 Å². The highest BCUT2D eigenvalue weighted by Crippen LogP contribution is 2.26. The summed E-state index contributed by atoms with van der Waals surface area (Å²) in [7, 11) is -4.00. The Balaban J connectivity index is 1.66. The molecule has 0 radical (unpaired) electrons. The fourth-order valence-electron chi connectivity index (χ4n) is 3.25. The first-order valence-electron chi connectivity index (χ1n) is 11.2. The molecule has 0 heterocycles. The summed E-state index contributed by atoms with van der Waals surface area (Å²) in [4.78, 5) is 12.8. The number of rotatable bonds is 12. The lowest BCUT2D eigenvalue weighted by Gasteiger charge is -2.24. The summed E-state index contributed by atoms with van der Waals surface area (Å²) in [5.74, 6) is 1.80. The van der Waals surface area contributed by atoms with Gasteiger partial charge in [-0.1, -0.05) is 41.4 Å². The van der Waals surface area contributed by atoms with Crippen LogP contribution in [0.2, 0.25) is 5.02 Å². The molecule has 9 heteroatoms. The Morgan fingerprint density at radius 2 is 1.66 bits per heavy atom. The lowest BCUT2D eigenvalue weighted by molar-refractivity contribution is -0.119. The van der Waals surface area contributed by atoms with Crippen molar-refractivity contribution in [3.8, 4) is 5.75 Å². The van der Waals surface area contributed by atoms with Crippen molar-refractivity contribution >= 4 is 45.0 Å². The summed E-state index contributed by atoms with van der Waals surface area (Å²) >= 11 is 7.64. The Labute approximate surface area is 216 Å². The highest BCUT2D eigenvalue weighted by molar-refractivity contribution is 7.98. The van der Waals surface area contributed by atoms with Crippen LogP contribution in [0, 0.1) is 6.92 Å². The zero-order valence-corrected chi connectivity index (χ0v) is 22.1. The predicted octanol–water partition coefficient (Wildman–Crippen LogP) is 5.29. The molecule has 1 amide bonds. The lowest BCUT2D eigenvalue weighted by Crippen LogP contribution is -2.41. The maximum Gasteiger partial charge on any atom is 0.264 e. The molecule has 0 unspecified atom stereocenters. The van der Waals surface area contributed by atoms with Crippen LogP contribution in [-0.2, 0) is 20.6 Å². The van der Waals surface area contributed by atoms with E-state index in [2.05, 4.69) is 36.5 Å². The van der Waals surface area contributed by atoms with E-state index in [9.17, 15) is 13.2 Å². The highest BCUT2D eigenvalue weighted by Gasteiger charge is 2.27. The summed E-state index contributed by atoms with van der Waals surface area (Å²) in [5.41, 5.74) is 2.81. The second-order valence-corrected chi connectivity index (χ2v) is 11.2. The number of anilines is 1. The summed E-state index contributed by atoms with van der Waals surface area (Å²) < 4.78 is 33.4. The van der Waals surface area contributed by atoms with Crippen molar-refractivity contribution in [1.82, 2.24) is 5.32 Å². The van der Waals surface area contributed by atoms with E-state index in [4.69, 9.17) is 16.3 Å². The Hall–Kier alpha value is -2.68. The van der Waals surface area contributed by atoms with Gasteiger partial charge in [-0.3, -0.25) is 9.10 Å². The number of amides is 1. The number of nitrogens with one attached hydrogen (secondary N) is 1. The topological polar surface area (TPSA) is 75.7 Å². The van der Waals surface area contributed by atoms with Gasteiger partial charge >= 0.3 is 0 Å². The molecule has 0 fully saturated rings. The number of nitrogens with zero attached hydrogens (tertiary/aromatic N) is 1. The number of halogens is 1. The molecule has 1 N–H and O–H groups in total. The van der Waals surface area contributed by atoms with Gasteiger partial charge < -0.3 is 10.1 Å². The van der Waals surface area contributed by atoms with E-state index in [0.717, 1.165) is 10.1 Å². The molecule has 0 bridgehead atoms. The fourth-order valence-corrected chi connectivity index (χ4v) is 5.61. The van der Waals surface area contributed by atoms with Crippen molar-refractivity contribution in [1.29, 1.82) is 0 Å². The molecule has 0 aromatic heterocycles. The maximum atomic E-state index is 13.4. The molecule has 3 aromatic rings. The van der Waals surface area contributed by atoms with Gasteiger partial charge in [0.15, 0.2) is 0 Å². The standard InChI is InChI=1S/C26H29ClN2O4S2/c1-3-33-24-12-10-23(11-13-24)29(35(31,32)25-14-8-22(27)9-15-25)18-26(30)28-16-17-34-19-21-6-4-20(2)5-7-21/h4-15H,3,16-19H2,1-2H3,(H,28,30). The smallest absolute Gasteiger partial charge is 0.264 e. The molecule has 0 aliphatic heterocycles. The number of benzene rings is 3. The molecule has 3 rings (SSSR count). The number of carbonyl (C=O) groups is 1. The van der Waals surface area contributed by atoms with Gasteiger partial charge in [-0.25, -0.2) is 8.42 Å². The maximum absolute atomic E-state index is 13.4. The molecular formula is C26H29ClN2O4S2. The zero-order chi connectivity index (χ0) is 25.3. The first-order valence-corrected chi connectivity index (χ1v) is 14.2. The Kier molecular flexibility index (Phi) is 9.89. The number of aryl methyl sites for hydroxylation is 1. The second-order valence-electron chi connectivity index (χ2n) is 7.78. The number of hydrogen-bond acceptors (Lipinski definition) is 5. The van der Waals surface area contributed by atoms with E-state index in [-0.39, 0.29) is 17.3 Å². The third kappa shape index (κ3) is 7.92. The van der Waals surface area contributed by atoms with Crippen LogP contribution in [0.4, 0.5) is 5.69 Å². The molecule has 0 aliphatic rings. The van der Waals surface area contributed by atoms with Crippen molar-refractivity contribution in [2.45, 2.75) is 24.5 Å². The SMILES string of the molecule is CCOc1ccc(N(CC(=O)NCCSCc2ccc(C)cc2)S(=O)(=O)c2ccc(Cl)cc2)cc1. The third-order valence-corrected chi connectivity index (χ3v) is 8.15. The molecule has 0 atom stereocenters. The van der Waals surface area contributed by atoms with Gasteiger partial charge in [0.1, 0.15) is 12.3 Å². The highest BCUT2D eigenvalue weighted by atomic mass is 35.5. The minimum atomic E-state index is -4.00. The Morgan fingerprint density at radius 1 is 1.00 bits per heavy atom. The monoisotopic (exact) mass is 532 g/mol. The Bertz CT molecular complexity index is 1200. The minimum absolute atomic E-state index is 0.0530. The number of ether oxygens (including phenoxy) is 1. The molecule has 0 saturated heterocycles. The average Bonchev–Trinajstić information content (AvgIpc) is 2.84. The number of thioether (sulfide) groups is 1. The summed E-state index contributed by atoms with van der Waals surface area (Å²) in [6, 6.07) is 20.8. The molecule has 186 valence electrons. The van der Waals surface area contributed by atoms with Gasteiger partial charge in [-0.05, 0) is 67.9 Å². The third-order valence-electron chi connectivity index (χ3n) is 5.08. The second kappa shape index (κ2) is 12.9. The number of hydrogen-bond donors (Lipinski definition) is 1. The normalized spacial score (nSPS) is 11.2. The van der Waals surface area contributed by atoms with Crippen LogP contribution in [0.25, 0.3) is 0 Å². The van der Waals surface area contributed by atoms with E-state index in [1.54, 1.807) is 36.0 Å². The van der Waals surface area contributed by atoms with Gasteiger partial charge in [0, 0.05) is 23.1 Å². The number of carbonyl (C=O) groups excluding carboxylic acids is 1. The summed E-state index contributed by atoms with van der Waals surface area (Å²) in [5, 5.41) is 3.26. The van der Waals surface area contributed by atoms with Crippen molar-refractivity contribution < 1.29 is 17.9 Å². The van der Waals surface area contributed by atoms with Crippen molar-refractivity contribution in [2.75, 3.05) is 29.8 Å². The van der Waals surface area contributed by atoms with Crippen molar-refractivity contribution in [2.24, 2.45) is 0 Å².